The van der Waals surface area contributed by atoms with Gasteiger partial charge in [0.25, 0.3) is 5.91 Å². The van der Waals surface area contributed by atoms with E-state index in [1.54, 1.807) is 0 Å². The van der Waals surface area contributed by atoms with Crippen LogP contribution in [0.4, 0.5) is 0 Å². The van der Waals surface area contributed by atoms with Crippen LogP contribution in [0.1, 0.15) is 34.3 Å². The molecule has 0 bridgehead atoms. The Bertz CT molecular complexity index is 507. The van der Waals surface area contributed by atoms with Gasteiger partial charge in [-0.2, -0.15) is 0 Å². The first kappa shape index (κ1) is 14.5. The van der Waals surface area contributed by atoms with Gasteiger partial charge >= 0.3 is 0 Å². The monoisotopic (exact) mass is 287 g/mol. The number of carbonyl (C=O) groups excluding carboxylic acids is 1. The summed E-state index contributed by atoms with van der Waals surface area (Å²) in [6.45, 7) is 4.95. The molecule has 2 aliphatic heterocycles. The molecule has 4 nitrogen and oxygen atoms in total. The summed E-state index contributed by atoms with van der Waals surface area (Å²) in [6, 6.07) is 6.08. The lowest BCUT2D eigenvalue weighted by atomic mass is 9.94. The Hall–Kier alpha value is -1.39. The van der Waals surface area contributed by atoms with Gasteiger partial charge < -0.3 is 15.5 Å². The SMILES string of the molecule is CN1CCC(CNC(=O)c2cccc3c2CCNC3)CC1. The summed E-state index contributed by atoms with van der Waals surface area (Å²) >= 11 is 0. The third-order valence-corrected chi connectivity index (χ3v) is 4.77. The molecule has 0 spiro atoms. The molecule has 0 atom stereocenters. The standard InChI is InChI=1S/C17H25N3O/c1-20-9-6-13(7-10-20)11-19-17(21)16-4-2-3-14-12-18-8-5-15(14)16/h2-4,13,18H,5-12H2,1H3,(H,19,21). The van der Waals surface area contributed by atoms with E-state index in [1.165, 1.54) is 24.0 Å². The molecule has 0 unspecified atom stereocenters. The lowest BCUT2D eigenvalue weighted by Crippen LogP contribution is -2.37. The summed E-state index contributed by atoms with van der Waals surface area (Å²) in [5, 5.41) is 6.51. The van der Waals surface area contributed by atoms with E-state index < -0.39 is 0 Å². The van der Waals surface area contributed by atoms with E-state index in [-0.39, 0.29) is 5.91 Å². The van der Waals surface area contributed by atoms with Gasteiger partial charge in [-0.15, -0.1) is 0 Å². The largest absolute Gasteiger partial charge is 0.352 e. The highest BCUT2D eigenvalue weighted by Crippen LogP contribution is 2.19. The molecule has 1 saturated heterocycles. The topological polar surface area (TPSA) is 44.4 Å². The van der Waals surface area contributed by atoms with Crippen molar-refractivity contribution in [1.29, 1.82) is 0 Å². The molecule has 3 rings (SSSR count). The van der Waals surface area contributed by atoms with Crippen molar-refractivity contribution >= 4 is 5.91 Å². The molecule has 114 valence electrons. The van der Waals surface area contributed by atoms with Gasteiger partial charge in [-0.3, -0.25) is 4.79 Å². The fourth-order valence-corrected chi connectivity index (χ4v) is 3.34. The van der Waals surface area contributed by atoms with Crippen LogP contribution in [-0.4, -0.2) is 44.0 Å². The Morgan fingerprint density at radius 3 is 3.00 bits per heavy atom. The predicted octanol–water partition coefficient (Wildman–Crippen LogP) is 1.40. The van der Waals surface area contributed by atoms with Gasteiger partial charge in [0.15, 0.2) is 0 Å². The first-order chi connectivity index (χ1) is 10.2. The third-order valence-electron chi connectivity index (χ3n) is 4.77. The minimum Gasteiger partial charge on any atom is -0.352 e. The van der Waals surface area contributed by atoms with Crippen molar-refractivity contribution < 1.29 is 4.79 Å². The number of benzene rings is 1. The number of fused-ring (bicyclic) bond motifs is 1. The fraction of sp³-hybridized carbons (Fsp3) is 0.588. The zero-order chi connectivity index (χ0) is 14.7. The summed E-state index contributed by atoms with van der Waals surface area (Å²) in [7, 11) is 2.17. The number of likely N-dealkylation sites (tertiary alicyclic amines) is 1. The summed E-state index contributed by atoms with van der Waals surface area (Å²) in [5.74, 6) is 0.735. The molecular formula is C17H25N3O. The van der Waals surface area contributed by atoms with Gasteiger partial charge in [-0.25, -0.2) is 0 Å². The number of hydrogen-bond acceptors (Lipinski definition) is 3. The number of nitrogens with zero attached hydrogens (tertiary/aromatic N) is 1. The van der Waals surface area contributed by atoms with Crippen molar-refractivity contribution in [3.63, 3.8) is 0 Å². The molecule has 0 saturated carbocycles. The van der Waals surface area contributed by atoms with E-state index in [4.69, 9.17) is 0 Å². The summed E-state index contributed by atoms with van der Waals surface area (Å²) in [6.07, 6.45) is 3.33. The molecule has 0 aliphatic carbocycles. The average Bonchev–Trinajstić information content (AvgIpc) is 2.53. The summed E-state index contributed by atoms with van der Waals surface area (Å²) in [5.41, 5.74) is 3.38. The molecule has 1 aromatic rings. The van der Waals surface area contributed by atoms with E-state index >= 15 is 0 Å². The zero-order valence-corrected chi connectivity index (χ0v) is 12.8. The van der Waals surface area contributed by atoms with Crippen LogP contribution in [0.25, 0.3) is 0 Å². The number of hydrogen-bond donors (Lipinski definition) is 2. The van der Waals surface area contributed by atoms with Crippen LogP contribution >= 0.6 is 0 Å². The normalized spacial score (nSPS) is 20.0. The number of carbonyl (C=O) groups is 1. The Balaban J connectivity index is 1.61. The smallest absolute Gasteiger partial charge is 0.251 e. The maximum atomic E-state index is 12.5. The molecule has 0 radical (unpaired) electrons. The molecule has 2 heterocycles. The lowest BCUT2D eigenvalue weighted by Gasteiger charge is -2.29. The fourth-order valence-electron chi connectivity index (χ4n) is 3.34. The van der Waals surface area contributed by atoms with E-state index in [0.717, 1.165) is 44.7 Å². The predicted molar refractivity (Wildman–Crippen MR) is 84.4 cm³/mol. The van der Waals surface area contributed by atoms with Crippen molar-refractivity contribution in [3.05, 3.63) is 34.9 Å². The van der Waals surface area contributed by atoms with Crippen molar-refractivity contribution in [2.75, 3.05) is 33.2 Å². The lowest BCUT2D eigenvalue weighted by molar-refractivity contribution is 0.0938. The van der Waals surface area contributed by atoms with Crippen molar-refractivity contribution in [2.45, 2.75) is 25.8 Å². The number of piperidine rings is 1. The van der Waals surface area contributed by atoms with E-state index in [1.807, 2.05) is 12.1 Å². The molecular weight excluding hydrogens is 262 g/mol. The van der Waals surface area contributed by atoms with Gasteiger partial charge in [0.2, 0.25) is 0 Å². The zero-order valence-electron chi connectivity index (χ0n) is 12.8. The first-order valence-electron chi connectivity index (χ1n) is 8.02. The molecule has 0 aromatic heterocycles. The van der Waals surface area contributed by atoms with Crippen LogP contribution in [0.15, 0.2) is 18.2 Å². The average molecular weight is 287 g/mol. The Morgan fingerprint density at radius 2 is 2.19 bits per heavy atom. The summed E-state index contributed by atoms with van der Waals surface area (Å²) in [4.78, 5) is 14.8. The Morgan fingerprint density at radius 1 is 1.38 bits per heavy atom. The van der Waals surface area contributed by atoms with Crippen molar-refractivity contribution in [3.8, 4) is 0 Å². The number of rotatable bonds is 3. The van der Waals surface area contributed by atoms with Gasteiger partial charge in [0, 0.05) is 18.7 Å². The highest BCUT2D eigenvalue weighted by Gasteiger charge is 2.20. The van der Waals surface area contributed by atoms with Crippen LogP contribution in [-0.2, 0) is 13.0 Å². The maximum Gasteiger partial charge on any atom is 0.251 e. The molecule has 1 fully saturated rings. The van der Waals surface area contributed by atoms with Gasteiger partial charge in [-0.05, 0) is 69.1 Å². The van der Waals surface area contributed by atoms with Crippen LogP contribution in [0, 0.1) is 5.92 Å². The van der Waals surface area contributed by atoms with Crippen LogP contribution in [0.5, 0.6) is 0 Å². The van der Waals surface area contributed by atoms with Gasteiger partial charge in [-0.1, -0.05) is 12.1 Å². The molecule has 2 aliphatic rings. The number of nitrogens with one attached hydrogen (secondary N) is 2. The van der Waals surface area contributed by atoms with Gasteiger partial charge in [0.05, 0.1) is 0 Å². The molecule has 1 amide bonds. The minimum absolute atomic E-state index is 0.104. The molecule has 21 heavy (non-hydrogen) atoms. The first-order valence-corrected chi connectivity index (χ1v) is 8.02. The minimum atomic E-state index is 0.104. The highest BCUT2D eigenvalue weighted by molar-refractivity contribution is 5.96. The number of amides is 1. The van der Waals surface area contributed by atoms with E-state index in [2.05, 4.69) is 28.6 Å². The Labute approximate surface area is 126 Å². The highest BCUT2D eigenvalue weighted by atomic mass is 16.1. The van der Waals surface area contributed by atoms with Crippen LogP contribution in [0.2, 0.25) is 0 Å². The second-order valence-corrected chi connectivity index (χ2v) is 6.33. The summed E-state index contributed by atoms with van der Waals surface area (Å²) < 4.78 is 0. The molecule has 4 heteroatoms. The Kier molecular flexibility index (Phi) is 4.56. The van der Waals surface area contributed by atoms with E-state index in [0.29, 0.717) is 5.92 Å². The maximum absolute atomic E-state index is 12.5. The second kappa shape index (κ2) is 6.58. The quantitative estimate of drug-likeness (QED) is 0.883. The molecule has 1 aromatic carbocycles. The molecule has 2 N–H and O–H groups in total. The van der Waals surface area contributed by atoms with Crippen molar-refractivity contribution in [2.24, 2.45) is 5.92 Å². The second-order valence-electron chi connectivity index (χ2n) is 6.33. The van der Waals surface area contributed by atoms with Crippen molar-refractivity contribution in [1.82, 2.24) is 15.5 Å². The van der Waals surface area contributed by atoms with Crippen LogP contribution < -0.4 is 10.6 Å². The van der Waals surface area contributed by atoms with Gasteiger partial charge in [0.1, 0.15) is 0 Å². The van der Waals surface area contributed by atoms with Crippen LogP contribution in [0.3, 0.4) is 0 Å². The van der Waals surface area contributed by atoms with E-state index in [9.17, 15) is 4.79 Å². The third kappa shape index (κ3) is 3.44.